The molecule has 2 N–H and O–H groups in total. The van der Waals surface area contributed by atoms with E-state index in [-0.39, 0.29) is 12.5 Å². The summed E-state index contributed by atoms with van der Waals surface area (Å²) in [5.41, 5.74) is 2.98. The number of aromatic nitrogens is 4. The molecular weight excluding hydrogens is 437 g/mol. The second-order valence-corrected chi connectivity index (χ2v) is 7.87. The predicted octanol–water partition coefficient (Wildman–Crippen LogP) is 3.99. The lowest BCUT2D eigenvalue weighted by Gasteiger charge is -2.40. The van der Waals surface area contributed by atoms with Crippen LogP contribution in [0.15, 0.2) is 18.7 Å². The van der Waals surface area contributed by atoms with Crippen molar-refractivity contribution in [1.29, 1.82) is 0 Å². The Morgan fingerprint density at radius 2 is 2.10 bits per heavy atom. The van der Waals surface area contributed by atoms with E-state index in [0.29, 0.717) is 53.3 Å². The second-order valence-electron chi connectivity index (χ2n) is 7.09. The molecule has 7 nitrogen and oxygen atoms in total. The fourth-order valence-electron chi connectivity index (χ4n) is 3.79. The van der Waals surface area contributed by atoms with Crippen molar-refractivity contribution in [3.8, 4) is 5.75 Å². The SMILES string of the molecule is COc1c(CCNc2ncnc3nc[nH]c23)cc(Cl)c(Cl)c1C1CN(CC(F)F)C1. The van der Waals surface area contributed by atoms with Crippen LogP contribution in [0.4, 0.5) is 14.6 Å². The number of hydrogen-bond acceptors (Lipinski definition) is 6. The van der Waals surface area contributed by atoms with Crippen LogP contribution in [0, 0.1) is 0 Å². The molecule has 0 atom stereocenters. The molecular formula is C19H20Cl2F2N6O. The van der Waals surface area contributed by atoms with Crippen molar-refractivity contribution in [1.82, 2.24) is 24.8 Å². The van der Waals surface area contributed by atoms with Gasteiger partial charge in [-0.2, -0.15) is 0 Å². The molecule has 1 aliphatic rings. The molecule has 4 rings (SSSR count). The fourth-order valence-corrected chi connectivity index (χ4v) is 4.31. The molecule has 0 radical (unpaired) electrons. The first kappa shape index (κ1) is 21.0. The zero-order chi connectivity index (χ0) is 21.3. The lowest BCUT2D eigenvalue weighted by atomic mass is 9.88. The number of halogens is 4. The van der Waals surface area contributed by atoms with E-state index in [1.54, 1.807) is 24.4 Å². The third kappa shape index (κ3) is 4.14. The van der Waals surface area contributed by atoms with Gasteiger partial charge in [0.15, 0.2) is 11.5 Å². The quantitative estimate of drug-likeness (QED) is 0.533. The van der Waals surface area contributed by atoms with Gasteiger partial charge in [0.1, 0.15) is 17.6 Å². The van der Waals surface area contributed by atoms with E-state index < -0.39 is 6.43 Å². The van der Waals surface area contributed by atoms with Gasteiger partial charge < -0.3 is 15.0 Å². The number of H-pyrrole nitrogens is 1. The van der Waals surface area contributed by atoms with Crippen molar-refractivity contribution in [3.05, 3.63) is 39.9 Å². The van der Waals surface area contributed by atoms with Crippen molar-refractivity contribution in [2.75, 3.05) is 38.6 Å². The van der Waals surface area contributed by atoms with Gasteiger partial charge in [-0.15, -0.1) is 0 Å². The van der Waals surface area contributed by atoms with Crippen LogP contribution in [0.3, 0.4) is 0 Å². The first-order valence-corrected chi connectivity index (χ1v) is 10.2. The van der Waals surface area contributed by atoms with Gasteiger partial charge in [-0.25, -0.2) is 23.7 Å². The van der Waals surface area contributed by atoms with Crippen LogP contribution in [0.1, 0.15) is 17.0 Å². The van der Waals surface area contributed by atoms with Gasteiger partial charge in [-0.05, 0) is 18.1 Å². The smallest absolute Gasteiger partial charge is 0.251 e. The molecule has 0 saturated carbocycles. The Kier molecular flexibility index (Phi) is 6.21. The van der Waals surface area contributed by atoms with E-state index in [1.807, 2.05) is 0 Å². The molecule has 160 valence electrons. The minimum absolute atomic E-state index is 0.00286. The Labute approximate surface area is 181 Å². The Bertz CT molecular complexity index is 1040. The summed E-state index contributed by atoms with van der Waals surface area (Å²) in [6, 6.07) is 1.79. The van der Waals surface area contributed by atoms with E-state index in [1.165, 1.54) is 6.33 Å². The third-order valence-corrected chi connectivity index (χ3v) is 5.96. The normalized spacial score (nSPS) is 15.0. The molecule has 0 amide bonds. The lowest BCUT2D eigenvalue weighted by molar-refractivity contribution is 0.0462. The highest BCUT2D eigenvalue weighted by Gasteiger charge is 2.34. The molecule has 3 heterocycles. The number of alkyl halides is 2. The van der Waals surface area contributed by atoms with Crippen LogP contribution in [-0.4, -0.2) is 64.6 Å². The summed E-state index contributed by atoms with van der Waals surface area (Å²) in [5.74, 6) is 1.31. The van der Waals surface area contributed by atoms with Crippen LogP contribution in [0.25, 0.3) is 11.2 Å². The highest BCUT2D eigenvalue weighted by molar-refractivity contribution is 6.42. The van der Waals surface area contributed by atoms with Crippen LogP contribution >= 0.6 is 23.2 Å². The number of nitrogens with zero attached hydrogens (tertiary/aromatic N) is 4. The Hall–Kier alpha value is -2.23. The summed E-state index contributed by atoms with van der Waals surface area (Å²) in [6.45, 7) is 1.31. The first-order chi connectivity index (χ1) is 14.5. The van der Waals surface area contributed by atoms with Crippen molar-refractivity contribution in [2.24, 2.45) is 0 Å². The fraction of sp³-hybridized carbons (Fsp3) is 0.421. The Morgan fingerprint density at radius 1 is 1.30 bits per heavy atom. The van der Waals surface area contributed by atoms with Gasteiger partial charge >= 0.3 is 0 Å². The summed E-state index contributed by atoms with van der Waals surface area (Å²) in [7, 11) is 1.58. The number of aromatic amines is 1. The van der Waals surface area contributed by atoms with Crippen LogP contribution in [0.5, 0.6) is 5.75 Å². The highest BCUT2D eigenvalue weighted by Crippen LogP contribution is 2.44. The molecule has 11 heteroatoms. The maximum Gasteiger partial charge on any atom is 0.251 e. The van der Waals surface area contributed by atoms with Crippen molar-refractivity contribution < 1.29 is 13.5 Å². The first-order valence-electron chi connectivity index (χ1n) is 9.41. The number of anilines is 1. The van der Waals surface area contributed by atoms with Crippen LogP contribution < -0.4 is 10.1 Å². The molecule has 2 aromatic heterocycles. The zero-order valence-electron chi connectivity index (χ0n) is 16.1. The van der Waals surface area contributed by atoms with Crippen LogP contribution in [0.2, 0.25) is 10.0 Å². The number of fused-ring (bicyclic) bond motifs is 1. The molecule has 1 saturated heterocycles. The van der Waals surface area contributed by atoms with Crippen LogP contribution in [-0.2, 0) is 6.42 Å². The number of likely N-dealkylation sites (tertiary alicyclic amines) is 1. The molecule has 3 aromatic rings. The average Bonchev–Trinajstić information content (AvgIpc) is 3.16. The summed E-state index contributed by atoms with van der Waals surface area (Å²) in [5, 5.41) is 4.11. The number of benzene rings is 1. The Balaban J connectivity index is 1.50. The van der Waals surface area contributed by atoms with Gasteiger partial charge in [0, 0.05) is 31.1 Å². The van der Waals surface area contributed by atoms with E-state index >= 15 is 0 Å². The summed E-state index contributed by atoms with van der Waals surface area (Å²) in [6.07, 6.45) is 1.26. The topological polar surface area (TPSA) is 79.0 Å². The maximum atomic E-state index is 12.6. The number of rotatable bonds is 8. The van der Waals surface area contributed by atoms with E-state index in [2.05, 4.69) is 25.3 Å². The molecule has 0 aliphatic carbocycles. The van der Waals surface area contributed by atoms with Crippen molar-refractivity contribution >= 4 is 40.2 Å². The second kappa shape index (κ2) is 8.87. The Morgan fingerprint density at radius 3 is 2.83 bits per heavy atom. The third-order valence-electron chi connectivity index (χ3n) is 5.16. The molecule has 1 fully saturated rings. The lowest BCUT2D eigenvalue weighted by Crippen LogP contribution is -2.47. The van der Waals surface area contributed by atoms with E-state index in [4.69, 9.17) is 27.9 Å². The minimum atomic E-state index is -2.35. The number of imidazole rings is 1. The standard InChI is InChI=1S/C19H20Cl2F2N6O/c1-30-17-10(2-3-24-18-16-19(26-8-25-16)28-9-27-18)4-12(20)15(21)14(17)11-5-29(6-11)7-13(22)23/h4,8-9,11,13H,2-3,5-7H2,1H3,(H2,24,25,26,27,28). The van der Waals surface area contributed by atoms with Gasteiger partial charge in [-0.1, -0.05) is 23.2 Å². The number of methoxy groups -OCH3 is 1. The highest BCUT2D eigenvalue weighted by atomic mass is 35.5. The monoisotopic (exact) mass is 456 g/mol. The summed E-state index contributed by atoms with van der Waals surface area (Å²) >= 11 is 12.8. The molecule has 1 aromatic carbocycles. The molecule has 0 unspecified atom stereocenters. The van der Waals surface area contributed by atoms with Gasteiger partial charge in [0.2, 0.25) is 0 Å². The maximum absolute atomic E-state index is 12.6. The average molecular weight is 457 g/mol. The number of ether oxygens (including phenoxy) is 1. The van der Waals surface area contributed by atoms with Gasteiger partial charge in [0.25, 0.3) is 6.43 Å². The van der Waals surface area contributed by atoms with E-state index in [9.17, 15) is 8.78 Å². The summed E-state index contributed by atoms with van der Waals surface area (Å²) in [4.78, 5) is 17.2. The van der Waals surface area contributed by atoms with Gasteiger partial charge in [0.05, 0.1) is 30.0 Å². The minimum Gasteiger partial charge on any atom is -0.496 e. The van der Waals surface area contributed by atoms with Crippen molar-refractivity contribution in [2.45, 2.75) is 18.8 Å². The molecule has 1 aliphatic heterocycles. The predicted molar refractivity (Wildman–Crippen MR) is 112 cm³/mol. The largest absolute Gasteiger partial charge is 0.496 e. The number of nitrogens with one attached hydrogen (secondary N) is 2. The van der Waals surface area contributed by atoms with Crippen molar-refractivity contribution in [3.63, 3.8) is 0 Å². The van der Waals surface area contributed by atoms with Gasteiger partial charge in [-0.3, -0.25) is 4.90 Å². The molecule has 0 spiro atoms. The summed E-state index contributed by atoms with van der Waals surface area (Å²) < 4.78 is 30.9. The zero-order valence-corrected chi connectivity index (χ0v) is 17.6. The number of hydrogen-bond donors (Lipinski definition) is 2. The molecule has 30 heavy (non-hydrogen) atoms. The van der Waals surface area contributed by atoms with E-state index in [0.717, 1.165) is 16.6 Å². The molecule has 0 bridgehead atoms.